The highest BCUT2D eigenvalue weighted by molar-refractivity contribution is 5.91. The van der Waals surface area contributed by atoms with Crippen LogP contribution in [0, 0.1) is 6.92 Å². The van der Waals surface area contributed by atoms with Crippen LogP contribution in [0.1, 0.15) is 51.2 Å². The number of amides is 2. The summed E-state index contributed by atoms with van der Waals surface area (Å²) in [5.74, 6) is 0.343. The first-order valence-corrected chi connectivity index (χ1v) is 7.06. The number of benzene rings is 1. The van der Waals surface area contributed by atoms with Crippen LogP contribution in [0.15, 0.2) is 18.2 Å². The molecule has 2 amide bonds. The van der Waals surface area contributed by atoms with Gasteiger partial charge >= 0.3 is 6.03 Å². The van der Waals surface area contributed by atoms with Gasteiger partial charge in [-0.25, -0.2) is 4.79 Å². The number of carbonyl (C=O) groups excluding carboxylic acids is 1. The summed E-state index contributed by atoms with van der Waals surface area (Å²) >= 11 is 0. The van der Waals surface area contributed by atoms with Crippen molar-refractivity contribution in [2.45, 2.75) is 52.5 Å². The molecule has 1 rings (SSSR count). The molecule has 0 aromatic heterocycles. The number of nitrogens with one attached hydrogen (secondary N) is 2. The van der Waals surface area contributed by atoms with Crippen molar-refractivity contribution in [1.82, 2.24) is 5.32 Å². The monoisotopic (exact) mass is 278 g/mol. The van der Waals surface area contributed by atoms with Gasteiger partial charge in [-0.3, -0.25) is 0 Å². The Morgan fingerprint density at radius 1 is 1.35 bits per heavy atom. The fraction of sp³-hybridized carbons (Fsp3) is 0.562. The normalized spacial score (nSPS) is 11.6. The smallest absolute Gasteiger partial charge is 0.319 e. The van der Waals surface area contributed by atoms with Gasteiger partial charge in [0.25, 0.3) is 0 Å². The maximum atomic E-state index is 12.1. The van der Waals surface area contributed by atoms with Crippen LogP contribution in [-0.2, 0) is 0 Å². The van der Waals surface area contributed by atoms with Crippen LogP contribution in [0.4, 0.5) is 10.5 Å². The summed E-state index contributed by atoms with van der Waals surface area (Å²) < 4.78 is 0. The zero-order chi connectivity index (χ0) is 15.3. The van der Waals surface area contributed by atoms with E-state index in [1.165, 1.54) is 0 Å². The Bertz CT molecular complexity index is 468. The number of aliphatic hydroxyl groups is 1. The van der Waals surface area contributed by atoms with E-state index in [2.05, 4.69) is 24.5 Å². The van der Waals surface area contributed by atoms with Crippen LogP contribution in [0.5, 0.6) is 0 Å². The minimum atomic E-state index is -0.431. The average Bonchev–Trinajstić information content (AvgIpc) is 2.30. The average molecular weight is 278 g/mol. The number of urea groups is 1. The lowest BCUT2D eigenvalue weighted by Gasteiger charge is -2.26. The Kier molecular flexibility index (Phi) is 5.57. The SMILES string of the molecule is Cc1cccc(C(C)C)c1NC(=O)NC(C)(C)CCO. The highest BCUT2D eigenvalue weighted by Crippen LogP contribution is 2.27. The van der Waals surface area contributed by atoms with Crippen LogP contribution in [0.25, 0.3) is 0 Å². The highest BCUT2D eigenvalue weighted by Gasteiger charge is 2.20. The van der Waals surface area contributed by atoms with Gasteiger partial charge in [-0.1, -0.05) is 32.0 Å². The minimum absolute atomic E-state index is 0.0505. The molecule has 3 N–H and O–H groups in total. The van der Waals surface area contributed by atoms with Crippen LogP contribution < -0.4 is 10.6 Å². The van der Waals surface area contributed by atoms with E-state index >= 15 is 0 Å². The van der Waals surface area contributed by atoms with Gasteiger partial charge in [0.2, 0.25) is 0 Å². The van der Waals surface area contributed by atoms with Crippen molar-refractivity contribution in [3.05, 3.63) is 29.3 Å². The number of aryl methyl sites for hydroxylation is 1. The largest absolute Gasteiger partial charge is 0.396 e. The Hall–Kier alpha value is -1.55. The third-order valence-electron chi connectivity index (χ3n) is 3.35. The molecule has 0 spiro atoms. The summed E-state index contributed by atoms with van der Waals surface area (Å²) in [4.78, 5) is 12.1. The molecule has 0 heterocycles. The van der Waals surface area contributed by atoms with Gasteiger partial charge in [0, 0.05) is 17.8 Å². The van der Waals surface area contributed by atoms with Crippen LogP contribution >= 0.6 is 0 Å². The summed E-state index contributed by atoms with van der Waals surface area (Å²) in [6, 6.07) is 5.79. The molecular weight excluding hydrogens is 252 g/mol. The summed E-state index contributed by atoms with van der Waals surface area (Å²) in [7, 11) is 0. The molecule has 0 aliphatic rings. The first-order valence-electron chi connectivity index (χ1n) is 7.06. The fourth-order valence-electron chi connectivity index (χ4n) is 2.14. The molecule has 0 unspecified atom stereocenters. The molecule has 0 aliphatic carbocycles. The topological polar surface area (TPSA) is 61.4 Å². The third-order valence-corrected chi connectivity index (χ3v) is 3.35. The standard InChI is InChI=1S/C16H26N2O2/c1-11(2)13-8-6-7-12(3)14(13)17-15(20)18-16(4,5)9-10-19/h6-8,11,19H,9-10H2,1-5H3,(H2,17,18,20). The zero-order valence-electron chi connectivity index (χ0n) is 13.1. The molecule has 0 atom stereocenters. The second-order valence-electron chi connectivity index (χ2n) is 6.13. The van der Waals surface area contributed by atoms with Gasteiger partial charge in [0.05, 0.1) is 0 Å². The van der Waals surface area contributed by atoms with Crippen molar-refractivity contribution in [2.75, 3.05) is 11.9 Å². The Morgan fingerprint density at radius 3 is 2.55 bits per heavy atom. The summed E-state index contributed by atoms with van der Waals surface area (Å²) in [5.41, 5.74) is 2.62. The molecule has 0 saturated heterocycles. The van der Waals surface area contributed by atoms with E-state index in [9.17, 15) is 4.79 Å². The Labute approximate surface area is 121 Å². The van der Waals surface area contributed by atoms with Gasteiger partial charge in [0.15, 0.2) is 0 Å². The van der Waals surface area contributed by atoms with E-state index in [-0.39, 0.29) is 12.6 Å². The molecule has 112 valence electrons. The summed E-state index contributed by atoms with van der Waals surface area (Å²) in [5, 5.41) is 14.8. The van der Waals surface area contributed by atoms with Crippen molar-refractivity contribution < 1.29 is 9.90 Å². The third kappa shape index (κ3) is 4.53. The van der Waals surface area contributed by atoms with E-state index in [0.717, 1.165) is 16.8 Å². The predicted molar refractivity (Wildman–Crippen MR) is 83.2 cm³/mol. The van der Waals surface area contributed by atoms with E-state index < -0.39 is 5.54 Å². The van der Waals surface area contributed by atoms with Crippen molar-refractivity contribution >= 4 is 11.7 Å². The first kappa shape index (κ1) is 16.5. The lowest BCUT2D eigenvalue weighted by atomic mass is 9.98. The molecule has 20 heavy (non-hydrogen) atoms. The van der Waals surface area contributed by atoms with Gasteiger partial charge in [-0.15, -0.1) is 0 Å². The molecule has 1 aromatic rings. The summed E-state index contributed by atoms with van der Waals surface area (Å²) in [6.07, 6.45) is 0.519. The van der Waals surface area contributed by atoms with E-state index in [1.54, 1.807) is 0 Å². The number of carbonyl (C=O) groups is 1. The lowest BCUT2D eigenvalue weighted by molar-refractivity contribution is 0.218. The first-order chi connectivity index (χ1) is 9.26. The molecular formula is C16H26N2O2. The zero-order valence-corrected chi connectivity index (χ0v) is 13.1. The number of rotatable bonds is 5. The number of aliphatic hydroxyl groups excluding tert-OH is 1. The van der Waals surface area contributed by atoms with Gasteiger partial charge in [0.1, 0.15) is 0 Å². The van der Waals surface area contributed by atoms with Gasteiger partial charge in [-0.2, -0.15) is 0 Å². The lowest BCUT2D eigenvalue weighted by Crippen LogP contribution is -2.46. The molecule has 0 fully saturated rings. The van der Waals surface area contributed by atoms with Crippen molar-refractivity contribution in [3.8, 4) is 0 Å². The van der Waals surface area contributed by atoms with Gasteiger partial charge in [-0.05, 0) is 44.2 Å². The van der Waals surface area contributed by atoms with E-state index in [0.29, 0.717) is 12.3 Å². The van der Waals surface area contributed by atoms with Crippen molar-refractivity contribution in [1.29, 1.82) is 0 Å². The maximum Gasteiger partial charge on any atom is 0.319 e. The fourth-order valence-corrected chi connectivity index (χ4v) is 2.14. The van der Waals surface area contributed by atoms with Gasteiger partial charge < -0.3 is 15.7 Å². The minimum Gasteiger partial charge on any atom is -0.396 e. The molecule has 0 radical (unpaired) electrons. The van der Waals surface area contributed by atoms with Crippen molar-refractivity contribution in [3.63, 3.8) is 0 Å². The second-order valence-corrected chi connectivity index (χ2v) is 6.13. The number of hydrogen-bond acceptors (Lipinski definition) is 2. The van der Waals surface area contributed by atoms with Crippen LogP contribution in [0.3, 0.4) is 0 Å². The second kappa shape index (κ2) is 6.75. The molecule has 1 aromatic carbocycles. The number of para-hydroxylation sites is 1. The van der Waals surface area contributed by atoms with Crippen LogP contribution in [0.2, 0.25) is 0 Å². The maximum absolute atomic E-state index is 12.1. The number of hydrogen-bond donors (Lipinski definition) is 3. The van der Waals surface area contributed by atoms with Crippen molar-refractivity contribution in [2.24, 2.45) is 0 Å². The van der Waals surface area contributed by atoms with E-state index in [1.807, 2.05) is 39.0 Å². The Balaban J connectivity index is 2.86. The van der Waals surface area contributed by atoms with E-state index in [4.69, 9.17) is 5.11 Å². The Morgan fingerprint density at radius 2 is 2.00 bits per heavy atom. The van der Waals surface area contributed by atoms with Crippen LogP contribution in [-0.4, -0.2) is 23.3 Å². The molecule has 0 bridgehead atoms. The highest BCUT2D eigenvalue weighted by atomic mass is 16.3. The molecule has 4 nitrogen and oxygen atoms in total. The summed E-state index contributed by atoms with van der Waals surface area (Å²) in [6.45, 7) is 10.0. The molecule has 0 aliphatic heterocycles. The number of anilines is 1. The predicted octanol–water partition coefficient (Wildman–Crippen LogP) is 3.40. The quantitative estimate of drug-likeness (QED) is 0.773. The molecule has 0 saturated carbocycles. The molecule has 4 heteroatoms.